The molecule has 1 aliphatic carbocycles. The van der Waals surface area contributed by atoms with Gasteiger partial charge in [-0.05, 0) is 66.9 Å². The van der Waals surface area contributed by atoms with Crippen molar-refractivity contribution in [3.63, 3.8) is 0 Å². The molecule has 3 aromatic carbocycles. The van der Waals surface area contributed by atoms with E-state index in [1.165, 1.54) is 24.3 Å². The summed E-state index contributed by atoms with van der Waals surface area (Å²) in [5, 5.41) is 6.05. The molecule has 170 valence electrons. The molecule has 7 nitrogen and oxygen atoms in total. The molecule has 0 aliphatic heterocycles. The van der Waals surface area contributed by atoms with Gasteiger partial charge in [0.2, 0.25) is 5.91 Å². The first kappa shape index (κ1) is 22.8. The summed E-state index contributed by atoms with van der Waals surface area (Å²) in [5.74, 6) is -0.235. The van der Waals surface area contributed by atoms with Crippen LogP contribution < -0.4 is 15.4 Å². The Labute approximate surface area is 197 Å². The van der Waals surface area contributed by atoms with Gasteiger partial charge in [0.05, 0.1) is 10.6 Å². The van der Waals surface area contributed by atoms with E-state index in [0.717, 1.165) is 18.4 Å². The van der Waals surface area contributed by atoms with Gasteiger partial charge in [-0.15, -0.1) is 0 Å². The highest BCUT2D eigenvalue weighted by molar-refractivity contribution is 7.92. The third-order valence-corrected chi connectivity index (χ3v) is 6.72. The van der Waals surface area contributed by atoms with Crippen molar-refractivity contribution in [3.8, 4) is 0 Å². The van der Waals surface area contributed by atoms with E-state index < -0.39 is 15.9 Å². The molecule has 0 heterocycles. The maximum absolute atomic E-state index is 12.7. The van der Waals surface area contributed by atoms with Crippen molar-refractivity contribution in [3.05, 3.63) is 88.9 Å². The number of hydrogen-bond acceptors (Lipinski definition) is 4. The molecule has 0 spiro atoms. The van der Waals surface area contributed by atoms with Gasteiger partial charge in [-0.3, -0.25) is 14.3 Å². The van der Waals surface area contributed by atoms with Crippen molar-refractivity contribution in [2.75, 3.05) is 10.0 Å². The van der Waals surface area contributed by atoms with E-state index in [1.54, 1.807) is 36.4 Å². The number of hydrogen-bond donors (Lipinski definition) is 3. The van der Waals surface area contributed by atoms with E-state index >= 15 is 0 Å². The van der Waals surface area contributed by atoms with Crippen molar-refractivity contribution in [2.24, 2.45) is 5.92 Å². The molecule has 1 aliphatic rings. The minimum absolute atomic E-state index is 0.0362. The lowest BCUT2D eigenvalue weighted by atomic mass is 10.1. The fourth-order valence-corrected chi connectivity index (χ4v) is 4.44. The SMILES string of the molecule is O=C(NCc1ccc(NC(=O)C2CC2)cc1)c1cccc(S(=O)(=O)Nc2cccc(Cl)c2)c1. The van der Waals surface area contributed by atoms with Crippen LogP contribution in [-0.2, 0) is 21.4 Å². The topological polar surface area (TPSA) is 104 Å². The molecule has 0 saturated heterocycles. The summed E-state index contributed by atoms with van der Waals surface area (Å²) in [4.78, 5) is 24.4. The molecule has 0 bridgehead atoms. The molecular formula is C24H22ClN3O4S. The van der Waals surface area contributed by atoms with Crippen LogP contribution in [0, 0.1) is 5.92 Å². The van der Waals surface area contributed by atoms with Crippen LogP contribution in [0.25, 0.3) is 0 Å². The van der Waals surface area contributed by atoms with Crippen molar-refractivity contribution in [2.45, 2.75) is 24.3 Å². The molecule has 3 N–H and O–H groups in total. The number of amides is 2. The fraction of sp³-hybridized carbons (Fsp3) is 0.167. The van der Waals surface area contributed by atoms with Crippen LogP contribution in [0.3, 0.4) is 0 Å². The Bertz CT molecular complexity index is 1290. The summed E-state index contributed by atoms with van der Waals surface area (Å²) in [6, 6.07) is 19.4. The Hall–Kier alpha value is -3.36. The van der Waals surface area contributed by atoms with Crippen LogP contribution in [-0.4, -0.2) is 20.2 Å². The van der Waals surface area contributed by atoms with E-state index in [9.17, 15) is 18.0 Å². The minimum Gasteiger partial charge on any atom is -0.348 e. The number of carbonyl (C=O) groups excluding carboxylic acids is 2. The second-order valence-corrected chi connectivity index (χ2v) is 9.91. The quantitative estimate of drug-likeness (QED) is 0.441. The molecule has 0 radical (unpaired) electrons. The Morgan fingerprint density at radius 3 is 2.33 bits per heavy atom. The number of rotatable bonds is 8. The number of sulfonamides is 1. The third-order valence-electron chi connectivity index (χ3n) is 5.11. The minimum atomic E-state index is -3.89. The standard InChI is InChI=1S/C24H22ClN3O4S/c25-19-4-2-5-21(14-19)28-33(31,32)22-6-1-3-18(13-22)23(29)26-15-16-7-11-20(12-8-16)27-24(30)17-9-10-17/h1-8,11-14,17,28H,9-10,15H2,(H,26,29)(H,27,30). The molecule has 33 heavy (non-hydrogen) atoms. The van der Waals surface area contributed by atoms with Gasteiger partial charge in [0.15, 0.2) is 0 Å². The van der Waals surface area contributed by atoms with Gasteiger partial charge in [0, 0.05) is 28.7 Å². The summed E-state index contributed by atoms with van der Waals surface area (Å²) in [5.41, 5.74) is 2.11. The molecule has 1 saturated carbocycles. The van der Waals surface area contributed by atoms with Crippen LogP contribution in [0.2, 0.25) is 5.02 Å². The van der Waals surface area contributed by atoms with Gasteiger partial charge >= 0.3 is 0 Å². The second kappa shape index (κ2) is 9.64. The van der Waals surface area contributed by atoms with E-state index in [1.807, 2.05) is 12.1 Å². The van der Waals surface area contributed by atoms with E-state index in [4.69, 9.17) is 11.6 Å². The number of carbonyl (C=O) groups is 2. The average Bonchev–Trinajstić information content (AvgIpc) is 3.64. The van der Waals surface area contributed by atoms with Gasteiger partial charge in [0.25, 0.3) is 15.9 Å². The molecule has 1 fully saturated rings. The Morgan fingerprint density at radius 2 is 1.64 bits per heavy atom. The van der Waals surface area contributed by atoms with E-state index in [2.05, 4.69) is 15.4 Å². The summed E-state index contributed by atoms with van der Waals surface area (Å²) in [6.07, 6.45) is 1.88. The zero-order chi connectivity index (χ0) is 23.4. The van der Waals surface area contributed by atoms with Gasteiger partial charge in [0.1, 0.15) is 0 Å². The maximum atomic E-state index is 12.7. The fourth-order valence-electron chi connectivity index (χ4n) is 3.15. The first-order valence-electron chi connectivity index (χ1n) is 10.4. The average molecular weight is 484 g/mol. The van der Waals surface area contributed by atoms with Crippen LogP contribution in [0.5, 0.6) is 0 Å². The van der Waals surface area contributed by atoms with Crippen LogP contribution in [0.15, 0.2) is 77.7 Å². The van der Waals surface area contributed by atoms with Gasteiger partial charge < -0.3 is 10.6 Å². The van der Waals surface area contributed by atoms with Gasteiger partial charge in [-0.2, -0.15) is 0 Å². The first-order valence-corrected chi connectivity index (χ1v) is 12.2. The predicted molar refractivity (Wildman–Crippen MR) is 128 cm³/mol. The number of halogens is 1. The Morgan fingerprint density at radius 1 is 0.909 bits per heavy atom. The van der Waals surface area contributed by atoms with Crippen molar-refractivity contribution >= 4 is 44.8 Å². The van der Waals surface area contributed by atoms with E-state index in [-0.39, 0.29) is 28.8 Å². The number of anilines is 2. The lowest BCUT2D eigenvalue weighted by Crippen LogP contribution is -2.23. The maximum Gasteiger partial charge on any atom is 0.261 e. The molecule has 0 unspecified atom stereocenters. The van der Waals surface area contributed by atoms with Crippen molar-refractivity contribution in [1.29, 1.82) is 0 Å². The highest BCUT2D eigenvalue weighted by atomic mass is 35.5. The Kier molecular flexibility index (Phi) is 6.67. The lowest BCUT2D eigenvalue weighted by Gasteiger charge is -2.10. The summed E-state index contributed by atoms with van der Waals surface area (Å²) in [7, 11) is -3.89. The highest BCUT2D eigenvalue weighted by Crippen LogP contribution is 2.30. The molecule has 9 heteroatoms. The largest absolute Gasteiger partial charge is 0.348 e. The van der Waals surface area contributed by atoms with Crippen LogP contribution in [0.1, 0.15) is 28.8 Å². The van der Waals surface area contributed by atoms with Crippen LogP contribution in [0.4, 0.5) is 11.4 Å². The molecule has 2 amide bonds. The zero-order valence-electron chi connectivity index (χ0n) is 17.5. The monoisotopic (exact) mass is 483 g/mol. The number of nitrogens with one attached hydrogen (secondary N) is 3. The molecule has 0 aromatic heterocycles. The van der Waals surface area contributed by atoms with E-state index in [0.29, 0.717) is 16.4 Å². The third kappa shape index (κ3) is 6.12. The normalized spacial score (nSPS) is 13.2. The zero-order valence-corrected chi connectivity index (χ0v) is 19.1. The molecule has 4 rings (SSSR count). The second-order valence-electron chi connectivity index (χ2n) is 7.79. The van der Waals surface area contributed by atoms with Gasteiger partial charge in [-0.1, -0.05) is 35.9 Å². The highest BCUT2D eigenvalue weighted by Gasteiger charge is 2.29. The summed E-state index contributed by atoms with van der Waals surface area (Å²) in [6.45, 7) is 0.257. The van der Waals surface area contributed by atoms with Crippen molar-refractivity contribution in [1.82, 2.24) is 5.32 Å². The molecule has 3 aromatic rings. The lowest BCUT2D eigenvalue weighted by molar-refractivity contribution is -0.117. The van der Waals surface area contributed by atoms with Gasteiger partial charge in [-0.25, -0.2) is 8.42 Å². The number of benzene rings is 3. The van der Waals surface area contributed by atoms with Crippen molar-refractivity contribution < 1.29 is 18.0 Å². The Balaban J connectivity index is 1.37. The molecular weight excluding hydrogens is 462 g/mol. The first-order chi connectivity index (χ1) is 15.8. The summed E-state index contributed by atoms with van der Waals surface area (Å²) >= 11 is 5.91. The molecule has 0 atom stereocenters. The van der Waals surface area contributed by atoms with Crippen LogP contribution >= 0.6 is 11.6 Å². The smallest absolute Gasteiger partial charge is 0.261 e. The summed E-state index contributed by atoms with van der Waals surface area (Å²) < 4.78 is 27.9. The predicted octanol–water partition coefficient (Wildman–Crippen LogP) is 4.42.